The van der Waals surface area contributed by atoms with Crippen LogP contribution in [0.2, 0.25) is 0 Å². The quantitative estimate of drug-likeness (QED) is 0.282. The van der Waals surface area contributed by atoms with Crippen molar-refractivity contribution in [3.05, 3.63) is 52.9 Å². The Labute approximate surface area is 312 Å². The molecule has 1 aromatic carbocycles. The molecule has 3 heterocycles. The maximum Gasteiger partial charge on any atom is 0.272 e. The Bertz CT molecular complexity index is 1720. The third-order valence-corrected chi connectivity index (χ3v) is 9.42. The number of nitrogens with one attached hydrogen (secondary N) is 3. The number of fused-ring (bicyclic) bond motifs is 1. The van der Waals surface area contributed by atoms with Crippen LogP contribution < -0.4 is 25.4 Å². The minimum atomic E-state index is -0.796. The van der Waals surface area contributed by atoms with Crippen LogP contribution in [-0.2, 0) is 40.3 Å². The molecular formula is C38H57N9O6. The highest BCUT2D eigenvalue weighted by Gasteiger charge is 2.29. The fraction of sp³-hybridized carbons (Fsp3) is 0.605. The largest absolute Gasteiger partial charge is 0.493 e. The number of hydrogen-bond acceptors (Lipinski definition) is 9. The number of aromatic nitrogens is 5. The van der Waals surface area contributed by atoms with Crippen molar-refractivity contribution in [2.75, 3.05) is 33.9 Å². The summed E-state index contributed by atoms with van der Waals surface area (Å²) in [6.45, 7) is 13.3. The number of carbonyl (C=O) groups excluding carboxylic acids is 4. The summed E-state index contributed by atoms with van der Waals surface area (Å²) < 4.78 is 14.1. The third kappa shape index (κ3) is 11.0. The summed E-state index contributed by atoms with van der Waals surface area (Å²) in [5.74, 6) is 1.18. The first kappa shape index (κ1) is 40.8. The van der Waals surface area contributed by atoms with Gasteiger partial charge in [0.2, 0.25) is 17.7 Å². The van der Waals surface area contributed by atoms with Gasteiger partial charge in [-0.3, -0.25) is 23.9 Å². The third-order valence-electron chi connectivity index (χ3n) is 9.42. The molecule has 0 unspecified atom stereocenters. The topological polar surface area (TPSA) is 175 Å². The normalized spacial score (nSPS) is 18.7. The van der Waals surface area contributed by atoms with Crippen LogP contribution in [0.4, 0.5) is 0 Å². The molecule has 3 aromatic rings. The molecular weight excluding hydrogens is 678 g/mol. The molecule has 0 saturated carbocycles. The molecule has 0 aliphatic carbocycles. The second-order valence-corrected chi connectivity index (χ2v) is 14.1. The summed E-state index contributed by atoms with van der Waals surface area (Å²) in [4.78, 5) is 60.8. The monoisotopic (exact) mass is 735 g/mol. The number of aryl methyl sites for hydroxylation is 1. The maximum absolute atomic E-state index is 13.9. The number of ether oxygens (including phenoxy) is 2. The molecule has 3 atom stereocenters. The summed E-state index contributed by atoms with van der Waals surface area (Å²) in [5, 5.41) is 18.3. The molecule has 290 valence electrons. The van der Waals surface area contributed by atoms with E-state index in [1.54, 1.807) is 36.8 Å². The lowest BCUT2D eigenvalue weighted by molar-refractivity contribution is -0.130. The first-order chi connectivity index (χ1) is 25.4. The lowest BCUT2D eigenvalue weighted by Crippen LogP contribution is -2.51. The van der Waals surface area contributed by atoms with E-state index in [4.69, 9.17) is 14.5 Å². The van der Waals surface area contributed by atoms with Gasteiger partial charge in [0.1, 0.15) is 24.1 Å². The standard InChI is InChI=1S/C38H57N9O6/c1-9-25(5)35-37(50)40-26(6)36-41-32(21-27-14-15-30(52-7)31(20-27)53-8)44-47(36)23-34(49)39-16-12-18-45(17-11-13-33(48)42-35)38(51)29-22-28(19-24(3)4)43-46(29)10-2/h14-15,20,22,24-26,35H,9-13,16-19,21,23H2,1-8H3,(H,39,49)(H,40,50)(H,42,48)/t25-,26+,35-/m0/s1. The van der Waals surface area contributed by atoms with Gasteiger partial charge in [0.15, 0.2) is 17.3 Å². The van der Waals surface area contributed by atoms with E-state index in [0.717, 1.165) is 17.7 Å². The number of methoxy groups -OCH3 is 2. The first-order valence-corrected chi connectivity index (χ1v) is 18.7. The molecule has 1 aliphatic heterocycles. The molecule has 3 N–H and O–H groups in total. The van der Waals surface area contributed by atoms with Crippen molar-refractivity contribution in [1.82, 2.24) is 45.4 Å². The number of nitrogens with zero attached hydrogens (tertiary/aromatic N) is 6. The Morgan fingerprint density at radius 2 is 1.70 bits per heavy atom. The molecule has 4 amide bonds. The minimum absolute atomic E-state index is 0.128. The maximum atomic E-state index is 13.9. The van der Waals surface area contributed by atoms with E-state index < -0.39 is 12.1 Å². The van der Waals surface area contributed by atoms with Crippen molar-refractivity contribution >= 4 is 23.6 Å². The van der Waals surface area contributed by atoms with Gasteiger partial charge >= 0.3 is 0 Å². The highest BCUT2D eigenvalue weighted by molar-refractivity contribution is 5.93. The number of carbonyl (C=O) groups is 4. The van der Waals surface area contributed by atoms with Crippen molar-refractivity contribution < 1.29 is 28.7 Å². The average molecular weight is 736 g/mol. The molecule has 0 radical (unpaired) electrons. The summed E-state index contributed by atoms with van der Waals surface area (Å²) in [6.07, 6.45) is 2.79. The van der Waals surface area contributed by atoms with Crippen LogP contribution in [-0.4, -0.2) is 93.0 Å². The van der Waals surface area contributed by atoms with Crippen LogP contribution in [0.1, 0.15) is 107 Å². The number of rotatable bonds is 10. The van der Waals surface area contributed by atoms with Gasteiger partial charge in [-0.25, -0.2) is 9.67 Å². The lowest BCUT2D eigenvalue weighted by atomic mass is 9.97. The molecule has 0 spiro atoms. The fourth-order valence-corrected chi connectivity index (χ4v) is 6.40. The zero-order valence-electron chi connectivity index (χ0n) is 32.5. The van der Waals surface area contributed by atoms with Gasteiger partial charge in [-0.05, 0) is 68.7 Å². The zero-order valence-corrected chi connectivity index (χ0v) is 32.5. The van der Waals surface area contributed by atoms with Gasteiger partial charge in [-0.2, -0.15) is 10.2 Å². The Hall–Kier alpha value is -4.95. The van der Waals surface area contributed by atoms with Gasteiger partial charge in [-0.15, -0.1) is 0 Å². The van der Waals surface area contributed by atoms with Crippen molar-refractivity contribution in [1.29, 1.82) is 0 Å². The van der Waals surface area contributed by atoms with Crippen molar-refractivity contribution in [3.8, 4) is 11.5 Å². The molecule has 0 fully saturated rings. The zero-order chi connectivity index (χ0) is 38.7. The highest BCUT2D eigenvalue weighted by Crippen LogP contribution is 2.28. The smallest absolute Gasteiger partial charge is 0.272 e. The van der Waals surface area contributed by atoms with Crippen molar-refractivity contribution in [2.24, 2.45) is 11.8 Å². The Balaban J connectivity index is 1.61. The SMILES string of the molecule is CC[C@H](C)[C@@H]1NC(=O)CCCN(C(=O)c2cc(CC(C)C)nn2CC)CCCNC(=O)Cn2nc(Cc3ccc(OC)c(OC)c3)nc2[C@@H](C)NC1=O. The molecule has 4 rings (SSSR count). The van der Waals surface area contributed by atoms with Crippen LogP contribution in [0, 0.1) is 11.8 Å². The Morgan fingerprint density at radius 3 is 2.38 bits per heavy atom. The van der Waals surface area contributed by atoms with Crippen LogP contribution in [0.15, 0.2) is 24.3 Å². The predicted molar refractivity (Wildman–Crippen MR) is 200 cm³/mol. The average Bonchev–Trinajstić information content (AvgIpc) is 3.73. The van der Waals surface area contributed by atoms with E-state index in [1.807, 2.05) is 39.0 Å². The second-order valence-electron chi connectivity index (χ2n) is 14.1. The fourth-order valence-electron chi connectivity index (χ4n) is 6.40. The van der Waals surface area contributed by atoms with Gasteiger partial charge < -0.3 is 30.3 Å². The molecule has 0 saturated heterocycles. The van der Waals surface area contributed by atoms with Crippen LogP contribution in [0.3, 0.4) is 0 Å². The van der Waals surface area contributed by atoms with Gasteiger partial charge in [0.05, 0.1) is 26.0 Å². The van der Waals surface area contributed by atoms with E-state index in [0.29, 0.717) is 86.6 Å². The second kappa shape index (κ2) is 19.2. The number of hydrogen-bond donors (Lipinski definition) is 3. The molecule has 15 heteroatoms. The predicted octanol–water partition coefficient (Wildman–Crippen LogP) is 3.45. The van der Waals surface area contributed by atoms with E-state index in [9.17, 15) is 19.2 Å². The summed E-state index contributed by atoms with van der Waals surface area (Å²) in [5.41, 5.74) is 2.24. The Kier molecular flexibility index (Phi) is 14.8. The van der Waals surface area contributed by atoms with Gasteiger partial charge in [-0.1, -0.05) is 40.2 Å². The van der Waals surface area contributed by atoms with E-state index in [2.05, 4.69) is 40.0 Å². The summed E-state index contributed by atoms with van der Waals surface area (Å²) in [7, 11) is 3.14. The van der Waals surface area contributed by atoms with Crippen molar-refractivity contribution in [2.45, 2.75) is 105 Å². The molecule has 15 nitrogen and oxygen atoms in total. The summed E-state index contributed by atoms with van der Waals surface area (Å²) >= 11 is 0. The van der Waals surface area contributed by atoms with Gasteiger partial charge in [0.25, 0.3) is 5.91 Å². The lowest BCUT2D eigenvalue weighted by Gasteiger charge is -2.26. The van der Waals surface area contributed by atoms with E-state index in [1.165, 1.54) is 4.68 Å². The highest BCUT2D eigenvalue weighted by atomic mass is 16.5. The van der Waals surface area contributed by atoms with Crippen LogP contribution in [0.25, 0.3) is 0 Å². The number of amides is 4. The molecule has 53 heavy (non-hydrogen) atoms. The number of benzene rings is 1. The Morgan fingerprint density at radius 1 is 0.962 bits per heavy atom. The van der Waals surface area contributed by atoms with E-state index >= 15 is 0 Å². The molecule has 1 aliphatic rings. The van der Waals surface area contributed by atoms with Crippen LogP contribution >= 0.6 is 0 Å². The molecule has 2 aromatic heterocycles. The van der Waals surface area contributed by atoms with E-state index in [-0.39, 0.29) is 42.5 Å². The first-order valence-electron chi connectivity index (χ1n) is 18.7. The molecule has 0 bridgehead atoms. The van der Waals surface area contributed by atoms with Gasteiger partial charge in [0, 0.05) is 39.0 Å². The van der Waals surface area contributed by atoms with Crippen molar-refractivity contribution in [3.63, 3.8) is 0 Å². The minimum Gasteiger partial charge on any atom is -0.493 e. The summed E-state index contributed by atoms with van der Waals surface area (Å²) in [6, 6.07) is 5.98. The van der Waals surface area contributed by atoms with Crippen LogP contribution in [0.5, 0.6) is 11.5 Å².